The number of hydrogen-bond donors (Lipinski definition) is 1. The summed E-state index contributed by atoms with van der Waals surface area (Å²) in [6.45, 7) is 5.59. The normalized spacial score (nSPS) is 24.4. The van der Waals surface area contributed by atoms with E-state index in [1.807, 2.05) is 5.51 Å². The fraction of sp³-hybridized carbons (Fsp3) is 0.769. The zero-order valence-electron chi connectivity index (χ0n) is 10.1. The molecule has 0 aliphatic heterocycles. The van der Waals surface area contributed by atoms with Crippen molar-refractivity contribution in [3.63, 3.8) is 0 Å². The first-order valence-corrected chi connectivity index (χ1v) is 7.23. The van der Waals surface area contributed by atoms with Crippen LogP contribution in [0.25, 0.3) is 0 Å². The molecule has 3 heteroatoms. The average molecular weight is 236 g/mol. The van der Waals surface area contributed by atoms with Crippen molar-refractivity contribution in [3.8, 4) is 0 Å². The molecule has 1 N–H and O–H groups in total. The van der Waals surface area contributed by atoms with E-state index in [9.17, 15) is 0 Å². The lowest BCUT2D eigenvalue weighted by Gasteiger charge is -2.19. The molecule has 1 aromatic rings. The summed E-state index contributed by atoms with van der Waals surface area (Å²) >= 11 is 1.78. The fourth-order valence-electron chi connectivity index (χ4n) is 2.76. The summed E-state index contributed by atoms with van der Waals surface area (Å²) in [4.78, 5) is 5.73. The van der Waals surface area contributed by atoms with Gasteiger partial charge in [0.05, 0.1) is 11.2 Å². The minimum atomic E-state index is 0.476. The molecular formula is C13H20N2S. The van der Waals surface area contributed by atoms with Gasteiger partial charge in [-0.05, 0) is 50.9 Å². The van der Waals surface area contributed by atoms with Crippen molar-refractivity contribution in [3.05, 3.63) is 16.1 Å². The monoisotopic (exact) mass is 236 g/mol. The fourth-order valence-corrected chi connectivity index (χ4v) is 3.60. The van der Waals surface area contributed by atoms with Crippen molar-refractivity contribution in [2.75, 3.05) is 6.54 Å². The Hall–Kier alpha value is -0.410. The molecule has 0 spiro atoms. The van der Waals surface area contributed by atoms with Crippen LogP contribution in [0.5, 0.6) is 0 Å². The first-order valence-electron chi connectivity index (χ1n) is 6.35. The van der Waals surface area contributed by atoms with Gasteiger partial charge in [0.15, 0.2) is 0 Å². The van der Waals surface area contributed by atoms with Crippen molar-refractivity contribution in [1.82, 2.24) is 10.3 Å². The highest BCUT2D eigenvalue weighted by atomic mass is 32.1. The molecule has 0 bridgehead atoms. The summed E-state index contributed by atoms with van der Waals surface area (Å²) in [7, 11) is 0. The first kappa shape index (κ1) is 10.7. The predicted molar refractivity (Wildman–Crippen MR) is 67.7 cm³/mol. The lowest BCUT2D eigenvalue weighted by molar-refractivity contribution is 0.383. The largest absolute Gasteiger partial charge is 0.309 e. The van der Waals surface area contributed by atoms with Crippen molar-refractivity contribution >= 4 is 11.3 Å². The van der Waals surface area contributed by atoms with E-state index >= 15 is 0 Å². The molecule has 0 radical (unpaired) electrons. The summed E-state index contributed by atoms with van der Waals surface area (Å²) in [5, 5.41) is 3.72. The Bertz CT molecular complexity index is 377. The SMILES string of the molecule is Cc1ncsc1C(C)NCC1(C2CC2)CC1. The van der Waals surface area contributed by atoms with Gasteiger partial charge in [0, 0.05) is 17.5 Å². The maximum atomic E-state index is 4.32. The minimum Gasteiger partial charge on any atom is -0.309 e. The van der Waals surface area contributed by atoms with Gasteiger partial charge in [-0.1, -0.05) is 0 Å². The highest BCUT2D eigenvalue weighted by molar-refractivity contribution is 7.09. The number of thiazole rings is 1. The van der Waals surface area contributed by atoms with E-state index in [0.717, 1.165) is 5.92 Å². The zero-order valence-corrected chi connectivity index (χ0v) is 10.9. The van der Waals surface area contributed by atoms with Gasteiger partial charge in [0.25, 0.3) is 0 Å². The van der Waals surface area contributed by atoms with E-state index in [0.29, 0.717) is 11.5 Å². The Morgan fingerprint density at radius 2 is 2.31 bits per heavy atom. The van der Waals surface area contributed by atoms with Gasteiger partial charge in [-0.15, -0.1) is 11.3 Å². The topological polar surface area (TPSA) is 24.9 Å². The second kappa shape index (κ2) is 3.81. The van der Waals surface area contributed by atoms with Crippen molar-refractivity contribution in [2.45, 2.75) is 45.6 Å². The minimum absolute atomic E-state index is 0.476. The van der Waals surface area contributed by atoms with Crippen LogP contribution in [0.15, 0.2) is 5.51 Å². The molecule has 0 saturated heterocycles. The highest BCUT2D eigenvalue weighted by Crippen LogP contribution is 2.60. The molecule has 1 atom stereocenters. The van der Waals surface area contributed by atoms with Crippen LogP contribution in [0.4, 0.5) is 0 Å². The molecule has 88 valence electrons. The van der Waals surface area contributed by atoms with Crippen LogP contribution in [0.3, 0.4) is 0 Å². The van der Waals surface area contributed by atoms with Crippen LogP contribution in [0.2, 0.25) is 0 Å². The van der Waals surface area contributed by atoms with Gasteiger partial charge in [-0.2, -0.15) is 0 Å². The summed E-state index contributed by atoms with van der Waals surface area (Å²) in [5.41, 5.74) is 3.85. The van der Waals surface area contributed by atoms with Gasteiger partial charge >= 0.3 is 0 Å². The lowest BCUT2D eigenvalue weighted by atomic mass is 10.0. The third kappa shape index (κ3) is 1.91. The molecular weight excluding hydrogens is 216 g/mol. The number of aryl methyl sites for hydroxylation is 1. The Morgan fingerprint density at radius 3 is 2.81 bits per heavy atom. The Kier molecular flexibility index (Phi) is 2.55. The van der Waals surface area contributed by atoms with E-state index < -0.39 is 0 Å². The Balaban J connectivity index is 1.57. The number of nitrogens with zero attached hydrogens (tertiary/aromatic N) is 1. The third-order valence-electron chi connectivity index (χ3n) is 4.27. The van der Waals surface area contributed by atoms with Crippen molar-refractivity contribution < 1.29 is 0 Å². The summed E-state index contributed by atoms with van der Waals surface area (Å²) in [5.74, 6) is 1.05. The molecule has 3 rings (SSSR count). The van der Waals surface area contributed by atoms with E-state index in [4.69, 9.17) is 0 Å². The summed E-state index contributed by atoms with van der Waals surface area (Å²) in [6, 6.07) is 0.476. The number of rotatable bonds is 5. The average Bonchev–Trinajstić information content (AvgIpc) is 3.14. The van der Waals surface area contributed by atoms with Crippen molar-refractivity contribution in [1.29, 1.82) is 0 Å². The molecule has 2 aliphatic rings. The highest BCUT2D eigenvalue weighted by Gasteiger charge is 2.53. The number of hydrogen-bond acceptors (Lipinski definition) is 3. The van der Waals surface area contributed by atoms with Crippen LogP contribution in [0.1, 0.15) is 49.2 Å². The third-order valence-corrected chi connectivity index (χ3v) is 5.39. The maximum absolute atomic E-state index is 4.32. The first-order chi connectivity index (χ1) is 7.71. The maximum Gasteiger partial charge on any atom is 0.0798 e. The molecule has 2 nitrogen and oxygen atoms in total. The summed E-state index contributed by atoms with van der Waals surface area (Å²) < 4.78 is 0. The van der Waals surface area contributed by atoms with Crippen LogP contribution >= 0.6 is 11.3 Å². The van der Waals surface area contributed by atoms with Gasteiger partial charge < -0.3 is 5.32 Å². The van der Waals surface area contributed by atoms with Gasteiger partial charge in [-0.3, -0.25) is 0 Å². The van der Waals surface area contributed by atoms with Gasteiger partial charge in [-0.25, -0.2) is 4.98 Å². The quantitative estimate of drug-likeness (QED) is 0.848. The standard InChI is InChI=1S/C13H20N2S/c1-9(12-10(2)15-8-16-12)14-7-13(5-6-13)11-3-4-11/h8-9,11,14H,3-7H2,1-2H3. The lowest BCUT2D eigenvalue weighted by Crippen LogP contribution is -2.27. The summed E-state index contributed by atoms with van der Waals surface area (Å²) in [6.07, 6.45) is 5.88. The molecule has 2 fully saturated rings. The van der Waals surface area contributed by atoms with Crippen molar-refractivity contribution in [2.24, 2.45) is 11.3 Å². The zero-order chi connectivity index (χ0) is 11.2. The van der Waals surface area contributed by atoms with E-state index in [1.54, 1.807) is 11.3 Å². The smallest absolute Gasteiger partial charge is 0.0798 e. The molecule has 1 heterocycles. The second-order valence-electron chi connectivity index (χ2n) is 5.54. The predicted octanol–water partition coefficient (Wildman–Crippen LogP) is 3.29. The molecule has 16 heavy (non-hydrogen) atoms. The van der Waals surface area contributed by atoms with E-state index in [2.05, 4.69) is 24.1 Å². The van der Waals surface area contributed by atoms with E-state index in [-0.39, 0.29) is 0 Å². The van der Waals surface area contributed by atoms with Crippen LogP contribution in [-0.4, -0.2) is 11.5 Å². The molecule has 1 aromatic heterocycles. The molecule has 2 saturated carbocycles. The molecule has 0 amide bonds. The van der Waals surface area contributed by atoms with Gasteiger partial charge in [0.1, 0.15) is 0 Å². The van der Waals surface area contributed by atoms with E-state index in [1.165, 1.54) is 42.8 Å². The Morgan fingerprint density at radius 1 is 1.56 bits per heavy atom. The van der Waals surface area contributed by atoms with Crippen LogP contribution in [-0.2, 0) is 0 Å². The number of aromatic nitrogens is 1. The molecule has 2 aliphatic carbocycles. The Labute approximate surface area is 101 Å². The second-order valence-corrected chi connectivity index (χ2v) is 6.43. The molecule has 1 unspecified atom stereocenters. The van der Waals surface area contributed by atoms with Crippen LogP contribution < -0.4 is 5.32 Å². The van der Waals surface area contributed by atoms with Crippen LogP contribution in [0, 0.1) is 18.3 Å². The van der Waals surface area contributed by atoms with Gasteiger partial charge in [0.2, 0.25) is 0 Å². The number of nitrogens with one attached hydrogen (secondary N) is 1. The molecule has 0 aromatic carbocycles.